The SMILES string of the molecule is Fc1ccc(-n2ncc3cc(Cl)ncc32)cc1. The van der Waals surface area contributed by atoms with Crippen LogP contribution in [0.5, 0.6) is 0 Å². The highest BCUT2D eigenvalue weighted by molar-refractivity contribution is 6.30. The van der Waals surface area contributed by atoms with Gasteiger partial charge in [-0.1, -0.05) is 11.6 Å². The van der Waals surface area contributed by atoms with Gasteiger partial charge in [0.15, 0.2) is 0 Å². The fourth-order valence-electron chi connectivity index (χ4n) is 1.69. The number of hydrogen-bond acceptors (Lipinski definition) is 2. The summed E-state index contributed by atoms with van der Waals surface area (Å²) in [5.74, 6) is -0.272. The summed E-state index contributed by atoms with van der Waals surface area (Å²) in [5.41, 5.74) is 1.62. The Kier molecular flexibility index (Phi) is 2.30. The molecule has 0 spiro atoms. The van der Waals surface area contributed by atoms with Crippen molar-refractivity contribution in [2.24, 2.45) is 0 Å². The first-order chi connectivity index (χ1) is 8.24. The molecule has 0 N–H and O–H groups in total. The first-order valence-electron chi connectivity index (χ1n) is 4.99. The smallest absolute Gasteiger partial charge is 0.129 e. The Hall–Kier alpha value is -1.94. The predicted octanol–water partition coefficient (Wildman–Crippen LogP) is 3.21. The van der Waals surface area contributed by atoms with Crippen LogP contribution in [-0.4, -0.2) is 14.8 Å². The average molecular weight is 248 g/mol. The van der Waals surface area contributed by atoms with Crippen LogP contribution in [-0.2, 0) is 0 Å². The first-order valence-corrected chi connectivity index (χ1v) is 5.37. The largest absolute Gasteiger partial charge is 0.242 e. The molecule has 0 atom stereocenters. The molecule has 84 valence electrons. The van der Waals surface area contributed by atoms with Crippen LogP contribution in [0, 0.1) is 5.82 Å². The summed E-state index contributed by atoms with van der Waals surface area (Å²) in [6.45, 7) is 0. The molecule has 3 rings (SSSR count). The number of fused-ring (bicyclic) bond motifs is 1. The van der Waals surface area contributed by atoms with Crippen LogP contribution < -0.4 is 0 Å². The summed E-state index contributed by atoms with van der Waals surface area (Å²) in [5, 5.41) is 5.56. The number of pyridine rings is 1. The second kappa shape index (κ2) is 3.82. The van der Waals surface area contributed by atoms with Gasteiger partial charge in [0, 0.05) is 5.39 Å². The van der Waals surface area contributed by atoms with Gasteiger partial charge in [-0.3, -0.25) is 0 Å². The third-order valence-electron chi connectivity index (χ3n) is 2.49. The Morgan fingerprint density at radius 1 is 1.12 bits per heavy atom. The molecule has 0 radical (unpaired) electrons. The van der Waals surface area contributed by atoms with Crippen molar-refractivity contribution >= 4 is 22.5 Å². The summed E-state index contributed by atoms with van der Waals surface area (Å²) >= 11 is 5.80. The van der Waals surface area contributed by atoms with E-state index in [2.05, 4.69) is 10.1 Å². The lowest BCUT2D eigenvalue weighted by Crippen LogP contribution is -1.96. The van der Waals surface area contributed by atoms with Gasteiger partial charge in [0.25, 0.3) is 0 Å². The summed E-state index contributed by atoms with van der Waals surface area (Å²) in [6.07, 6.45) is 3.35. The molecule has 0 fully saturated rings. The van der Waals surface area contributed by atoms with Crippen LogP contribution in [0.4, 0.5) is 4.39 Å². The molecular weight excluding hydrogens is 241 g/mol. The highest BCUT2D eigenvalue weighted by Crippen LogP contribution is 2.19. The van der Waals surface area contributed by atoms with Crippen molar-refractivity contribution < 1.29 is 4.39 Å². The van der Waals surface area contributed by atoms with Crippen LogP contribution in [0.15, 0.2) is 42.7 Å². The molecule has 2 aromatic heterocycles. The molecule has 0 aliphatic heterocycles. The lowest BCUT2D eigenvalue weighted by molar-refractivity contribution is 0.627. The second-order valence-corrected chi connectivity index (χ2v) is 3.99. The van der Waals surface area contributed by atoms with Gasteiger partial charge < -0.3 is 0 Å². The Morgan fingerprint density at radius 2 is 1.88 bits per heavy atom. The van der Waals surface area contributed by atoms with Crippen molar-refractivity contribution in [3.8, 4) is 5.69 Å². The zero-order chi connectivity index (χ0) is 11.8. The van der Waals surface area contributed by atoms with Crippen molar-refractivity contribution in [1.82, 2.24) is 14.8 Å². The zero-order valence-corrected chi connectivity index (χ0v) is 9.39. The van der Waals surface area contributed by atoms with Crippen LogP contribution in [0.25, 0.3) is 16.6 Å². The second-order valence-electron chi connectivity index (χ2n) is 3.60. The molecule has 1 aromatic carbocycles. The molecule has 0 bridgehead atoms. The van der Waals surface area contributed by atoms with Crippen molar-refractivity contribution in [1.29, 1.82) is 0 Å². The monoisotopic (exact) mass is 247 g/mol. The number of rotatable bonds is 1. The fraction of sp³-hybridized carbons (Fsp3) is 0. The maximum Gasteiger partial charge on any atom is 0.129 e. The van der Waals surface area contributed by atoms with Crippen LogP contribution >= 0.6 is 11.6 Å². The van der Waals surface area contributed by atoms with E-state index < -0.39 is 0 Å². The zero-order valence-electron chi connectivity index (χ0n) is 8.64. The molecule has 0 aliphatic rings. The maximum atomic E-state index is 12.8. The molecule has 2 heterocycles. The third kappa shape index (κ3) is 1.76. The molecule has 3 aromatic rings. The van der Waals surface area contributed by atoms with Gasteiger partial charge in [-0.15, -0.1) is 0 Å². The maximum absolute atomic E-state index is 12.8. The number of nitrogens with zero attached hydrogens (tertiary/aromatic N) is 3. The molecule has 0 aliphatic carbocycles. The Morgan fingerprint density at radius 3 is 2.65 bits per heavy atom. The van der Waals surface area contributed by atoms with Gasteiger partial charge in [-0.25, -0.2) is 14.1 Å². The van der Waals surface area contributed by atoms with E-state index in [1.165, 1.54) is 12.1 Å². The van der Waals surface area contributed by atoms with E-state index in [1.807, 2.05) is 0 Å². The highest BCUT2D eigenvalue weighted by Gasteiger charge is 2.05. The molecule has 0 unspecified atom stereocenters. The standard InChI is InChI=1S/C12H7ClFN3/c13-12-5-8-6-16-17(11(8)7-15-12)10-3-1-9(14)2-4-10/h1-7H. The molecule has 3 nitrogen and oxygen atoms in total. The van der Waals surface area contributed by atoms with E-state index in [0.29, 0.717) is 5.15 Å². The number of aromatic nitrogens is 3. The van der Waals surface area contributed by atoms with Crippen LogP contribution in [0.2, 0.25) is 5.15 Å². The van der Waals surface area contributed by atoms with E-state index in [1.54, 1.807) is 35.3 Å². The van der Waals surface area contributed by atoms with Crippen molar-refractivity contribution in [3.05, 3.63) is 53.7 Å². The summed E-state index contributed by atoms with van der Waals surface area (Å²) < 4.78 is 14.5. The lowest BCUT2D eigenvalue weighted by atomic mass is 10.3. The summed E-state index contributed by atoms with van der Waals surface area (Å²) in [4.78, 5) is 4.01. The third-order valence-corrected chi connectivity index (χ3v) is 2.70. The van der Waals surface area contributed by atoms with E-state index in [-0.39, 0.29) is 5.82 Å². The van der Waals surface area contributed by atoms with E-state index in [0.717, 1.165) is 16.6 Å². The normalized spacial score (nSPS) is 10.9. The molecule has 0 saturated carbocycles. The molecule has 17 heavy (non-hydrogen) atoms. The van der Waals surface area contributed by atoms with Crippen LogP contribution in [0.1, 0.15) is 0 Å². The molecule has 0 amide bonds. The van der Waals surface area contributed by atoms with Gasteiger partial charge in [-0.2, -0.15) is 5.10 Å². The minimum absolute atomic E-state index is 0.272. The van der Waals surface area contributed by atoms with Crippen molar-refractivity contribution in [2.75, 3.05) is 0 Å². The Labute approximate surface area is 101 Å². The summed E-state index contributed by atoms with van der Waals surface area (Å²) in [6, 6.07) is 7.86. The van der Waals surface area contributed by atoms with Gasteiger partial charge in [0.1, 0.15) is 11.0 Å². The average Bonchev–Trinajstić information content (AvgIpc) is 2.73. The quantitative estimate of drug-likeness (QED) is 0.618. The minimum Gasteiger partial charge on any atom is -0.242 e. The van der Waals surface area contributed by atoms with Crippen molar-refractivity contribution in [3.63, 3.8) is 0 Å². The fourth-order valence-corrected chi connectivity index (χ4v) is 1.85. The molecular formula is C12H7ClFN3. The lowest BCUT2D eigenvalue weighted by Gasteiger charge is -2.02. The minimum atomic E-state index is -0.272. The number of benzene rings is 1. The van der Waals surface area contributed by atoms with Gasteiger partial charge in [0.05, 0.1) is 23.6 Å². The van der Waals surface area contributed by atoms with Gasteiger partial charge >= 0.3 is 0 Å². The Bertz CT molecular complexity index is 676. The topological polar surface area (TPSA) is 30.7 Å². The number of halogens is 2. The summed E-state index contributed by atoms with van der Waals surface area (Å²) in [7, 11) is 0. The van der Waals surface area contributed by atoms with E-state index in [4.69, 9.17) is 11.6 Å². The van der Waals surface area contributed by atoms with Gasteiger partial charge in [-0.05, 0) is 30.3 Å². The van der Waals surface area contributed by atoms with Crippen molar-refractivity contribution in [2.45, 2.75) is 0 Å². The van der Waals surface area contributed by atoms with Gasteiger partial charge in [0.2, 0.25) is 0 Å². The molecule has 0 saturated heterocycles. The first kappa shape index (κ1) is 10.2. The predicted molar refractivity (Wildman–Crippen MR) is 63.8 cm³/mol. The molecule has 5 heteroatoms. The number of hydrogen-bond donors (Lipinski definition) is 0. The van der Waals surface area contributed by atoms with E-state index >= 15 is 0 Å². The highest BCUT2D eigenvalue weighted by atomic mass is 35.5. The van der Waals surface area contributed by atoms with E-state index in [9.17, 15) is 4.39 Å². The van der Waals surface area contributed by atoms with Crippen LogP contribution in [0.3, 0.4) is 0 Å². The Balaban J connectivity index is 2.21.